The number of hydrogen-bond acceptors (Lipinski definition) is 5. The van der Waals surface area contributed by atoms with Gasteiger partial charge < -0.3 is 19.9 Å². The summed E-state index contributed by atoms with van der Waals surface area (Å²) >= 11 is 0. The highest BCUT2D eigenvalue weighted by atomic mass is 16.7. The molecule has 0 atom stereocenters. The first-order chi connectivity index (χ1) is 9.87. The molecule has 1 aliphatic rings. The summed E-state index contributed by atoms with van der Waals surface area (Å²) in [7, 11) is 1.62. The second kappa shape index (κ2) is 6.01. The third-order valence-corrected chi connectivity index (χ3v) is 3.59. The number of benzene rings is 1. The van der Waals surface area contributed by atoms with Crippen LogP contribution in [0.25, 0.3) is 0 Å². The fraction of sp³-hybridized carbons (Fsp3) is 0.533. The molecule has 1 amide bonds. The summed E-state index contributed by atoms with van der Waals surface area (Å²) in [5.41, 5.74) is 5.53. The maximum atomic E-state index is 11.8. The third-order valence-electron chi connectivity index (χ3n) is 3.59. The van der Waals surface area contributed by atoms with Crippen LogP contribution in [0.5, 0.6) is 5.75 Å². The lowest BCUT2D eigenvalue weighted by molar-refractivity contribution is -0.267. The second-order valence-corrected chi connectivity index (χ2v) is 5.63. The summed E-state index contributed by atoms with van der Waals surface area (Å²) in [5.74, 6) is -0.387. The van der Waals surface area contributed by atoms with Gasteiger partial charge in [0.1, 0.15) is 11.3 Å². The quantitative estimate of drug-likeness (QED) is 0.839. The van der Waals surface area contributed by atoms with Crippen LogP contribution in [0.4, 0.5) is 0 Å². The standard InChI is InChI=1S/C15H22N2O4/c1-14(2)20-9-15(10-21-14,13(16)18)17-8-11-4-6-12(19-3)7-5-11/h4-7,17H,8-10H2,1-3H3,(H2,16,18). The van der Waals surface area contributed by atoms with Crippen LogP contribution in [-0.2, 0) is 20.8 Å². The highest BCUT2D eigenvalue weighted by molar-refractivity contribution is 5.85. The molecule has 1 aromatic rings. The molecule has 6 nitrogen and oxygen atoms in total. The van der Waals surface area contributed by atoms with Crippen molar-refractivity contribution in [1.29, 1.82) is 0 Å². The maximum absolute atomic E-state index is 11.8. The van der Waals surface area contributed by atoms with Crippen molar-refractivity contribution < 1.29 is 19.0 Å². The zero-order valence-electron chi connectivity index (χ0n) is 12.6. The van der Waals surface area contributed by atoms with Gasteiger partial charge in [-0.25, -0.2) is 0 Å². The Morgan fingerprint density at radius 2 is 1.86 bits per heavy atom. The molecule has 0 spiro atoms. The number of nitrogens with two attached hydrogens (primary N) is 1. The summed E-state index contributed by atoms with van der Waals surface area (Å²) < 4.78 is 16.2. The van der Waals surface area contributed by atoms with Crippen molar-refractivity contribution in [2.24, 2.45) is 5.73 Å². The molecule has 1 aromatic carbocycles. The summed E-state index contributed by atoms with van der Waals surface area (Å²) in [4.78, 5) is 11.8. The number of nitrogens with one attached hydrogen (secondary N) is 1. The number of carbonyl (C=O) groups excluding carboxylic acids is 1. The lowest BCUT2D eigenvalue weighted by Gasteiger charge is -2.42. The smallest absolute Gasteiger partial charge is 0.242 e. The minimum Gasteiger partial charge on any atom is -0.497 e. The summed E-state index contributed by atoms with van der Waals surface area (Å²) in [5, 5.41) is 3.16. The first kappa shape index (κ1) is 15.8. The van der Waals surface area contributed by atoms with Crippen LogP contribution in [-0.4, -0.2) is 37.6 Å². The normalized spacial score (nSPS) is 20.0. The Bertz CT molecular complexity index is 489. The van der Waals surface area contributed by atoms with Crippen molar-refractivity contribution in [3.63, 3.8) is 0 Å². The van der Waals surface area contributed by atoms with Gasteiger partial charge in [-0.2, -0.15) is 0 Å². The molecule has 0 unspecified atom stereocenters. The Balaban J connectivity index is 2.02. The number of amides is 1. The van der Waals surface area contributed by atoms with E-state index in [1.807, 2.05) is 24.3 Å². The van der Waals surface area contributed by atoms with E-state index in [0.717, 1.165) is 11.3 Å². The Labute approximate surface area is 124 Å². The monoisotopic (exact) mass is 294 g/mol. The molecule has 3 N–H and O–H groups in total. The molecule has 0 bridgehead atoms. The highest BCUT2D eigenvalue weighted by Gasteiger charge is 2.44. The highest BCUT2D eigenvalue weighted by Crippen LogP contribution is 2.24. The fourth-order valence-electron chi connectivity index (χ4n) is 2.02. The topological polar surface area (TPSA) is 82.8 Å². The molecule has 0 aromatic heterocycles. The van der Waals surface area contributed by atoms with Crippen LogP contribution < -0.4 is 15.8 Å². The minimum absolute atomic E-state index is 0.186. The van der Waals surface area contributed by atoms with E-state index >= 15 is 0 Å². The van der Waals surface area contributed by atoms with Crippen LogP contribution in [0.1, 0.15) is 19.4 Å². The number of primary amides is 1. The van der Waals surface area contributed by atoms with Gasteiger partial charge in [-0.3, -0.25) is 10.1 Å². The number of methoxy groups -OCH3 is 1. The Hall–Kier alpha value is -1.63. The van der Waals surface area contributed by atoms with Crippen molar-refractivity contribution in [1.82, 2.24) is 5.32 Å². The molecule has 1 saturated heterocycles. The van der Waals surface area contributed by atoms with E-state index in [1.165, 1.54) is 0 Å². The Morgan fingerprint density at radius 1 is 1.29 bits per heavy atom. The predicted molar refractivity (Wildman–Crippen MR) is 77.7 cm³/mol. The van der Waals surface area contributed by atoms with Crippen LogP contribution in [0, 0.1) is 0 Å². The average Bonchev–Trinajstić information content (AvgIpc) is 2.47. The van der Waals surface area contributed by atoms with Gasteiger partial charge in [0.25, 0.3) is 0 Å². The first-order valence-corrected chi connectivity index (χ1v) is 6.83. The minimum atomic E-state index is -1.00. The van der Waals surface area contributed by atoms with Gasteiger partial charge in [0.15, 0.2) is 5.79 Å². The molecule has 0 radical (unpaired) electrons. The molecule has 21 heavy (non-hydrogen) atoms. The predicted octanol–water partition coefficient (Wildman–Crippen LogP) is 0.792. The molecule has 0 saturated carbocycles. The van der Waals surface area contributed by atoms with Gasteiger partial charge in [0, 0.05) is 6.54 Å². The number of hydrogen-bond donors (Lipinski definition) is 2. The Kier molecular flexibility index (Phi) is 4.51. The molecular weight excluding hydrogens is 272 g/mol. The lowest BCUT2D eigenvalue weighted by atomic mass is 9.98. The fourth-order valence-corrected chi connectivity index (χ4v) is 2.02. The van der Waals surface area contributed by atoms with Crippen LogP contribution >= 0.6 is 0 Å². The molecule has 1 aliphatic heterocycles. The maximum Gasteiger partial charge on any atom is 0.242 e. The van der Waals surface area contributed by atoms with Gasteiger partial charge >= 0.3 is 0 Å². The van der Waals surface area contributed by atoms with Crippen LogP contribution in [0.3, 0.4) is 0 Å². The summed E-state index contributed by atoms with van der Waals surface area (Å²) in [6, 6.07) is 7.58. The van der Waals surface area contributed by atoms with Crippen molar-refractivity contribution >= 4 is 5.91 Å². The SMILES string of the molecule is COc1ccc(CNC2(C(N)=O)COC(C)(C)OC2)cc1. The van der Waals surface area contributed by atoms with E-state index in [-0.39, 0.29) is 13.2 Å². The van der Waals surface area contributed by atoms with Gasteiger partial charge in [-0.1, -0.05) is 12.1 Å². The number of carbonyl (C=O) groups is 1. The van der Waals surface area contributed by atoms with Crippen molar-refractivity contribution in [3.8, 4) is 5.75 Å². The number of ether oxygens (including phenoxy) is 3. The molecule has 6 heteroatoms. The summed E-state index contributed by atoms with van der Waals surface area (Å²) in [6.45, 7) is 4.47. The van der Waals surface area contributed by atoms with E-state index in [0.29, 0.717) is 6.54 Å². The molecule has 1 fully saturated rings. The van der Waals surface area contributed by atoms with Crippen LogP contribution in [0.15, 0.2) is 24.3 Å². The molecule has 0 aliphatic carbocycles. The van der Waals surface area contributed by atoms with Crippen LogP contribution in [0.2, 0.25) is 0 Å². The zero-order chi connectivity index (χ0) is 15.5. The largest absolute Gasteiger partial charge is 0.497 e. The molecular formula is C15H22N2O4. The molecule has 116 valence electrons. The van der Waals surface area contributed by atoms with E-state index in [4.69, 9.17) is 19.9 Å². The van der Waals surface area contributed by atoms with E-state index in [2.05, 4.69) is 5.32 Å². The van der Waals surface area contributed by atoms with E-state index in [1.54, 1.807) is 21.0 Å². The van der Waals surface area contributed by atoms with E-state index in [9.17, 15) is 4.79 Å². The Morgan fingerprint density at radius 3 is 2.33 bits per heavy atom. The van der Waals surface area contributed by atoms with Crippen molar-refractivity contribution in [2.75, 3.05) is 20.3 Å². The first-order valence-electron chi connectivity index (χ1n) is 6.83. The van der Waals surface area contributed by atoms with Crippen molar-refractivity contribution in [3.05, 3.63) is 29.8 Å². The van der Waals surface area contributed by atoms with Gasteiger partial charge in [0.2, 0.25) is 5.91 Å². The van der Waals surface area contributed by atoms with Gasteiger partial charge in [0.05, 0.1) is 20.3 Å². The van der Waals surface area contributed by atoms with E-state index < -0.39 is 17.2 Å². The summed E-state index contributed by atoms with van der Waals surface area (Å²) in [6.07, 6.45) is 0. The molecule has 1 heterocycles. The number of rotatable bonds is 5. The molecule has 2 rings (SSSR count). The third kappa shape index (κ3) is 3.72. The second-order valence-electron chi connectivity index (χ2n) is 5.63. The average molecular weight is 294 g/mol. The van der Waals surface area contributed by atoms with Gasteiger partial charge in [-0.15, -0.1) is 0 Å². The zero-order valence-corrected chi connectivity index (χ0v) is 12.6. The van der Waals surface area contributed by atoms with Crippen molar-refractivity contribution in [2.45, 2.75) is 31.7 Å². The lowest BCUT2D eigenvalue weighted by Crippen LogP contribution is -2.65. The van der Waals surface area contributed by atoms with Gasteiger partial charge in [-0.05, 0) is 31.5 Å².